The van der Waals surface area contributed by atoms with Crippen molar-refractivity contribution in [3.63, 3.8) is 0 Å². The molecule has 1 aromatic rings. The number of rotatable bonds is 1. The summed E-state index contributed by atoms with van der Waals surface area (Å²) in [5.41, 5.74) is 1.12. The minimum atomic E-state index is -0.124. The standard InChI is InChI=1S/C13H16BrNO2/c1-15-11-7-13(4-5-16-8-13)17-12-6-9(14)2-3-10(11)12/h2-3,6,11,15H,4-5,7-8H2,1H3. The molecule has 2 atom stereocenters. The maximum absolute atomic E-state index is 6.20. The fourth-order valence-electron chi connectivity index (χ4n) is 2.73. The lowest BCUT2D eigenvalue weighted by atomic mass is 9.87. The van der Waals surface area contributed by atoms with Crippen molar-refractivity contribution in [2.45, 2.75) is 24.5 Å². The Morgan fingerprint density at radius 2 is 2.35 bits per heavy atom. The lowest BCUT2D eigenvalue weighted by Gasteiger charge is -2.39. The first-order valence-electron chi connectivity index (χ1n) is 5.96. The van der Waals surface area contributed by atoms with Crippen molar-refractivity contribution in [2.24, 2.45) is 0 Å². The molecule has 0 aromatic heterocycles. The Morgan fingerprint density at radius 1 is 1.47 bits per heavy atom. The van der Waals surface area contributed by atoms with E-state index in [1.807, 2.05) is 7.05 Å². The fourth-order valence-corrected chi connectivity index (χ4v) is 3.07. The molecule has 4 heteroatoms. The monoisotopic (exact) mass is 297 g/mol. The van der Waals surface area contributed by atoms with Gasteiger partial charge in [0.1, 0.15) is 11.4 Å². The fraction of sp³-hybridized carbons (Fsp3) is 0.538. The zero-order valence-electron chi connectivity index (χ0n) is 9.83. The second-order valence-electron chi connectivity index (χ2n) is 4.82. The van der Waals surface area contributed by atoms with Crippen molar-refractivity contribution in [3.05, 3.63) is 28.2 Å². The summed E-state index contributed by atoms with van der Waals surface area (Å²) in [6.07, 6.45) is 1.97. The Morgan fingerprint density at radius 3 is 3.06 bits per heavy atom. The van der Waals surface area contributed by atoms with Crippen LogP contribution in [0.2, 0.25) is 0 Å². The molecule has 3 nitrogen and oxygen atoms in total. The summed E-state index contributed by atoms with van der Waals surface area (Å²) in [5, 5.41) is 3.38. The first-order chi connectivity index (χ1) is 8.22. The Bertz CT molecular complexity index is 429. The van der Waals surface area contributed by atoms with Crippen molar-refractivity contribution >= 4 is 15.9 Å². The van der Waals surface area contributed by atoms with Gasteiger partial charge in [0.05, 0.1) is 13.2 Å². The molecule has 1 aromatic carbocycles. The van der Waals surface area contributed by atoms with Gasteiger partial charge in [0.25, 0.3) is 0 Å². The Labute approximate surface area is 110 Å². The van der Waals surface area contributed by atoms with Gasteiger partial charge < -0.3 is 14.8 Å². The highest BCUT2D eigenvalue weighted by atomic mass is 79.9. The molecule has 0 amide bonds. The minimum Gasteiger partial charge on any atom is -0.484 e. The number of nitrogens with one attached hydrogen (secondary N) is 1. The molecule has 1 spiro atoms. The number of benzene rings is 1. The van der Waals surface area contributed by atoms with E-state index in [-0.39, 0.29) is 5.60 Å². The van der Waals surface area contributed by atoms with Gasteiger partial charge in [0, 0.05) is 28.9 Å². The van der Waals surface area contributed by atoms with Crippen LogP contribution in [0, 0.1) is 0 Å². The molecule has 1 fully saturated rings. The summed E-state index contributed by atoms with van der Waals surface area (Å²) in [7, 11) is 2.01. The first kappa shape index (κ1) is 11.5. The van der Waals surface area contributed by atoms with Crippen LogP contribution in [0.25, 0.3) is 0 Å². The van der Waals surface area contributed by atoms with Crippen LogP contribution in [-0.2, 0) is 4.74 Å². The zero-order chi connectivity index (χ0) is 11.9. The summed E-state index contributed by atoms with van der Waals surface area (Å²) in [4.78, 5) is 0. The topological polar surface area (TPSA) is 30.5 Å². The molecule has 1 saturated heterocycles. The lowest BCUT2D eigenvalue weighted by molar-refractivity contribution is 0.0197. The van der Waals surface area contributed by atoms with Crippen LogP contribution >= 0.6 is 15.9 Å². The van der Waals surface area contributed by atoms with E-state index in [4.69, 9.17) is 9.47 Å². The van der Waals surface area contributed by atoms with E-state index in [0.717, 1.165) is 29.7 Å². The van der Waals surface area contributed by atoms with Gasteiger partial charge in [0.15, 0.2) is 0 Å². The van der Waals surface area contributed by atoms with Gasteiger partial charge in [-0.2, -0.15) is 0 Å². The van der Waals surface area contributed by atoms with Crippen LogP contribution in [0.15, 0.2) is 22.7 Å². The molecule has 0 aliphatic carbocycles. The highest BCUT2D eigenvalue weighted by Crippen LogP contribution is 2.43. The number of ether oxygens (including phenoxy) is 2. The van der Waals surface area contributed by atoms with Crippen LogP contribution in [0.4, 0.5) is 0 Å². The summed E-state index contributed by atoms with van der Waals surface area (Å²) < 4.78 is 12.8. The summed E-state index contributed by atoms with van der Waals surface area (Å²) in [5.74, 6) is 0.982. The third-order valence-corrected chi connectivity index (χ3v) is 4.16. The predicted octanol–water partition coefficient (Wildman–Crippen LogP) is 2.65. The van der Waals surface area contributed by atoms with Gasteiger partial charge in [-0.3, -0.25) is 0 Å². The third-order valence-electron chi connectivity index (χ3n) is 3.67. The average molecular weight is 298 g/mol. The van der Waals surface area contributed by atoms with Gasteiger partial charge in [-0.15, -0.1) is 0 Å². The van der Waals surface area contributed by atoms with Gasteiger partial charge >= 0.3 is 0 Å². The van der Waals surface area contributed by atoms with Crippen molar-refractivity contribution < 1.29 is 9.47 Å². The molecular formula is C13H16BrNO2. The largest absolute Gasteiger partial charge is 0.484 e. The second kappa shape index (κ2) is 4.26. The van der Waals surface area contributed by atoms with Gasteiger partial charge in [0.2, 0.25) is 0 Å². The summed E-state index contributed by atoms with van der Waals surface area (Å²) >= 11 is 3.50. The average Bonchev–Trinajstić information content (AvgIpc) is 2.75. The number of fused-ring (bicyclic) bond motifs is 1. The van der Waals surface area contributed by atoms with E-state index in [1.54, 1.807) is 0 Å². The summed E-state index contributed by atoms with van der Waals surface area (Å²) in [6.45, 7) is 1.51. The van der Waals surface area contributed by atoms with E-state index in [0.29, 0.717) is 12.6 Å². The molecule has 17 heavy (non-hydrogen) atoms. The van der Waals surface area contributed by atoms with E-state index >= 15 is 0 Å². The van der Waals surface area contributed by atoms with E-state index in [9.17, 15) is 0 Å². The van der Waals surface area contributed by atoms with Crippen molar-refractivity contribution in [1.29, 1.82) is 0 Å². The number of hydrogen-bond donors (Lipinski definition) is 1. The predicted molar refractivity (Wildman–Crippen MR) is 69.4 cm³/mol. The highest BCUT2D eigenvalue weighted by Gasteiger charge is 2.43. The van der Waals surface area contributed by atoms with Crippen molar-refractivity contribution in [2.75, 3.05) is 20.3 Å². The molecule has 2 aliphatic rings. The maximum Gasteiger partial charge on any atom is 0.136 e. The lowest BCUT2D eigenvalue weighted by Crippen LogP contribution is -2.44. The second-order valence-corrected chi connectivity index (χ2v) is 5.73. The minimum absolute atomic E-state index is 0.124. The van der Waals surface area contributed by atoms with Gasteiger partial charge in [-0.1, -0.05) is 22.0 Å². The first-order valence-corrected chi connectivity index (χ1v) is 6.75. The normalized spacial score (nSPS) is 31.3. The maximum atomic E-state index is 6.20. The molecule has 2 aliphatic heterocycles. The quantitative estimate of drug-likeness (QED) is 0.864. The Kier molecular flexibility index (Phi) is 2.89. The van der Waals surface area contributed by atoms with Crippen LogP contribution in [0.5, 0.6) is 5.75 Å². The molecule has 0 saturated carbocycles. The highest BCUT2D eigenvalue weighted by molar-refractivity contribution is 9.10. The molecule has 3 rings (SSSR count). The third kappa shape index (κ3) is 1.98. The van der Waals surface area contributed by atoms with E-state index < -0.39 is 0 Å². The molecule has 1 N–H and O–H groups in total. The Balaban J connectivity index is 2.00. The van der Waals surface area contributed by atoms with Crippen LogP contribution in [-0.4, -0.2) is 25.9 Å². The number of halogens is 1. The van der Waals surface area contributed by atoms with Crippen LogP contribution in [0.1, 0.15) is 24.4 Å². The van der Waals surface area contributed by atoms with E-state index in [2.05, 4.69) is 39.4 Å². The molecule has 0 radical (unpaired) electrons. The molecule has 2 heterocycles. The van der Waals surface area contributed by atoms with Gasteiger partial charge in [-0.05, 0) is 19.2 Å². The molecular weight excluding hydrogens is 282 g/mol. The van der Waals surface area contributed by atoms with Crippen LogP contribution in [0.3, 0.4) is 0 Å². The van der Waals surface area contributed by atoms with Crippen LogP contribution < -0.4 is 10.1 Å². The molecule has 2 unspecified atom stereocenters. The molecule has 92 valence electrons. The molecule has 0 bridgehead atoms. The zero-order valence-corrected chi connectivity index (χ0v) is 11.4. The number of hydrogen-bond acceptors (Lipinski definition) is 3. The van der Waals surface area contributed by atoms with Crippen molar-refractivity contribution in [3.8, 4) is 5.75 Å². The van der Waals surface area contributed by atoms with Gasteiger partial charge in [-0.25, -0.2) is 0 Å². The smallest absolute Gasteiger partial charge is 0.136 e. The SMILES string of the molecule is CNC1CC2(CCOC2)Oc2cc(Br)ccc21. The van der Waals surface area contributed by atoms with Crippen molar-refractivity contribution in [1.82, 2.24) is 5.32 Å². The summed E-state index contributed by atoms with van der Waals surface area (Å²) in [6, 6.07) is 6.60. The Hall–Kier alpha value is -0.580. The van der Waals surface area contributed by atoms with E-state index in [1.165, 1.54) is 5.56 Å².